The van der Waals surface area contributed by atoms with Gasteiger partial charge in [0.15, 0.2) is 11.8 Å². The van der Waals surface area contributed by atoms with Crippen LogP contribution in [0.5, 0.6) is 0 Å². The minimum atomic E-state index is 0.585. The first kappa shape index (κ1) is 15.0. The molecule has 0 saturated carbocycles. The molecule has 0 unspecified atom stereocenters. The third-order valence-corrected chi connectivity index (χ3v) is 3.34. The highest BCUT2D eigenvalue weighted by molar-refractivity contribution is 5.79. The SMILES string of the molecule is CN=C(NCc1nnc(C)n1C)N(C)Cc1cnn(C)c1. The van der Waals surface area contributed by atoms with Crippen LogP contribution in [0.2, 0.25) is 0 Å². The average molecular weight is 290 g/mol. The van der Waals surface area contributed by atoms with Crippen LogP contribution < -0.4 is 5.32 Å². The van der Waals surface area contributed by atoms with Crippen molar-refractivity contribution in [2.45, 2.75) is 20.0 Å². The van der Waals surface area contributed by atoms with E-state index >= 15 is 0 Å². The Morgan fingerprint density at radius 2 is 2.14 bits per heavy atom. The van der Waals surface area contributed by atoms with Crippen LogP contribution in [0.25, 0.3) is 0 Å². The molecular weight excluding hydrogens is 268 g/mol. The van der Waals surface area contributed by atoms with Crippen molar-refractivity contribution in [2.75, 3.05) is 14.1 Å². The number of aromatic nitrogens is 5. The summed E-state index contributed by atoms with van der Waals surface area (Å²) in [6.07, 6.45) is 3.85. The van der Waals surface area contributed by atoms with Crippen LogP contribution in [0.4, 0.5) is 0 Å². The molecular formula is C13H22N8. The largest absolute Gasteiger partial charge is 0.349 e. The van der Waals surface area contributed by atoms with Gasteiger partial charge in [0.1, 0.15) is 5.82 Å². The molecule has 0 aliphatic rings. The molecule has 0 fully saturated rings. The summed E-state index contributed by atoms with van der Waals surface area (Å²) in [5, 5.41) is 15.6. The highest BCUT2D eigenvalue weighted by Crippen LogP contribution is 2.02. The first-order chi connectivity index (χ1) is 10.0. The molecule has 8 heteroatoms. The number of nitrogens with zero attached hydrogens (tertiary/aromatic N) is 7. The monoisotopic (exact) mass is 290 g/mol. The summed E-state index contributed by atoms with van der Waals surface area (Å²) in [6.45, 7) is 3.26. The summed E-state index contributed by atoms with van der Waals surface area (Å²) in [7, 11) is 7.62. The van der Waals surface area contributed by atoms with Crippen molar-refractivity contribution in [1.82, 2.24) is 34.8 Å². The predicted molar refractivity (Wildman–Crippen MR) is 80.6 cm³/mol. The maximum Gasteiger partial charge on any atom is 0.194 e. The summed E-state index contributed by atoms with van der Waals surface area (Å²) in [4.78, 5) is 6.33. The fourth-order valence-corrected chi connectivity index (χ4v) is 2.05. The van der Waals surface area contributed by atoms with Crippen molar-refractivity contribution in [3.8, 4) is 0 Å². The van der Waals surface area contributed by atoms with E-state index in [1.807, 2.05) is 49.9 Å². The van der Waals surface area contributed by atoms with E-state index in [2.05, 4.69) is 25.6 Å². The van der Waals surface area contributed by atoms with Gasteiger partial charge in [-0.25, -0.2) is 0 Å². The van der Waals surface area contributed by atoms with Crippen molar-refractivity contribution in [3.05, 3.63) is 29.6 Å². The zero-order valence-corrected chi connectivity index (χ0v) is 13.2. The van der Waals surface area contributed by atoms with Gasteiger partial charge in [-0.2, -0.15) is 5.10 Å². The van der Waals surface area contributed by atoms with Gasteiger partial charge in [-0.1, -0.05) is 0 Å². The van der Waals surface area contributed by atoms with Crippen LogP contribution in [-0.4, -0.2) is 49.5 Å². The molecule has 0 radical (unpaired) electrons. The molecule has 2 aromatic rings. The lowest BCUT2D eigenvalue weighted by Gasteiger charge is -2.21. The Morgan fingerprint density at radius 3 is 2.67 bits per heavy atom. The lowest BCUT2D eigenvalue weighted by molar-refractivity contribution is 0.474. The molecule has 0 amide bonds. The van der Waals surface area contributed by atoms with Gasteiger partial charge in [-0.05, 0) is 6.92 Å². The summed E-state index contributed by atoms with van der Waals surface area (Å²) < 4.78 is 3.75. The Labute approximate surface area is 124 Å². The Kier molecular flexibility index (Phi) is 4.56. The number of nitrogens with one attached hydrogen (secondary N) is 1. The molecule has 2 aromatic heterocycles. The third kappa shape index (κ3) is 3.59. The number of hydrogen-bond donors (Lipinski definition) is 1. The van der Waals surface area contributed by atoms with Gasteiger partial charge in [-0.3, -0.25) is 9.67 Å². The standard InChI is InChI=1S/C13H22N8/c1-10-17-18-12(21(10)5)7-15-13(14-2)19(3)8-11-6-16-20(4)9-11/h6,9H,7-8H2,1-5H3,(H,14,15). The second-order valence-corrected chi connectivity index (χ2v) is 5.00. The fraction of sp³-hybridized carbons (Fsp3) is 0.538. The molecule has 0 aromatic carbocycles. The molecule has 0 bridgehead atoms. The van der Waals surface area contributed by atoms with Gasteiger partial charge in [0.05, 0.1) is 12.7 Å². The Hall–Kier alpha value is -2.38. The van der Waals surface area contributed by atoms with E-state index in [-0.39, 0.29) is 0 Å². The molecule has 0 atom stereocenters. The van der Waals surface area contributed by atoms with Crippen molar-refractivity contribution >= 4 is 5.96 Å². The summed E-state index contributed by atoms with van der Waals surface area (Å²) in [5.41, 5.74) is 1.14. The van der Waals surface area contributed by atoms with Crippen LogP contribution in [0.1, 0.15) is 17.2 Å². The number of hydrogen-bond acceptors (Lipinski definition) is 4. The number of guanidine groups is 1. The molecule has 8 nitrogen and oxygen atoms in total. The zero-order valence-electron chi connectivity index (χ0n) is 13.2. The topological polar surface area (TPSA) is 76.2 Å². The molecule has 2 heterocycles. The Bertz CT molecular complexity index is 624. The maximum absolute atomic E-state index is 4.29. The van der Waals surface area contributed by atoms with Crippen molar-refractivity contribution in [2.24, 2.45) is 19.1 Å². The van der Waals surface area contributed by atoms with Crippen LogP contribution >= 0.6 is 0 Å². The molecule has 0 aliphatic carbocycles. The van der Waals surface area contributed by atoms with E-state index in [1.165, 1.54) is 0 Å². The van der Waals surface area contributed by atoms with Gasteiger partial charge in [0.25, 0.3) is 0 Å². The summed E-state index contributed by atoms with van der Waals surface area (Å²) in [6, 6.07) is 0. The van der Waals surface area contributed by atoms with E-state index < -0.39 is 0 Å². The van der Waals surface area contributed by atoms with Gasteiger partial charge >= 0.3 is 0 Å². The van der Waals surface area contributed by atoms with Crippen molar-refractivity contribution < 1.29 is 0 Å². The first-order valence-electron chi connectivity index (χ1n) is 6.75. The molecule has 21 heavy (non-hydrogen) atoms. The lowest BCUT2D eigenvalue weighted by atomic mass is 10.3. The summed E-state index contributed by atoms with van der Waals surface area (Å²) in [5.74, 6) is 2.58. The average Bonchev–Trinajstić information content (AvgIpc) is 2.99. The minimum absolute atomic E-state index is 0.585. The van der Waals surface area contributed by atoms with Crippen molar-refractivity contribution in [1.29, 1.82) is 0 Å². The van der Waals surface area contributed by atoms with Crippen molar-refractivity contribution in [3.63, 3.8) is 0 Å². The van der Waals surface area contributed by atoms with Crippen LogP contribution in [0.3, 0.4) is 0 Å². The fourth-order valence-electron chi connectivity index (χ4n) is 2.05. The molecule has 0 spiro atoms. The maximum atomic E-state index is 4.29. The second-order valence-electron chi connectivity index (χ2n) is 5.00. The molecule has 1 N–H and O–H groups in total. The van der Waals surface area contributed by atoms with Crippen LogP contribution in [0, 0.1) is 6.92 Å². The van der Waals surface area contributed by atoms with E-state index in [9.17, 15) is 0 Å². The molecule has 0 aliphatic heterocycles. The third-order valence-electron chi connectivity index (χ3n) is 3.34. The van der Waals surface area contributed by atoms with E-state index in [0.717, 1.165) is 29.7 Å². The highest BCUT2D eigenvalue weighted by Gasteiger charge is 2.10. The highest BCUT2D eigenvalue weighted by atomic mass is 15.3. The smallest absolute Gasteiger partial charge is 0.194 e. The van der Waals surface area contributed by atoms with E-state index in [4.69, 9.17) is 0 Å². The zero-order chi connectivity index (χ0) is 15.4. The quantitative estimate of drug-likeness (QED) is 0.637. The van der Waals surface area contributed by atoms with Gasteiger partial charge < -0.3 is 14.8 Å². The summed E-state index contributed by atoms with van der Waals surface area (Å²) >= 11 is 0. The van der Waals surface area contributed by atoms with E-state index in [1.54, 1.807) is 11.7 Å². The number of aliphatic imine (C=N–C) groups is 1. The molecule has 2 rings (SSSR count). The molecule has 114 valence electrons. The Balaban J connectivity index is 1.95. The van der Waals surface area contributed by atoms with Gasteiger partial charge in [0, 0.05) is 46.5 Å². The van der Waals surface area contributed by atoms with Crippen LogP contribution in [0.15, 0.2) is 17.4 Å². The Morgan fingerprint density at radius 1 is 1.38 bits per heavy atom. The predicted octanol–water partition coefficient (Wildman–Crippen LogP) is 0.0644. The second kappa shape index (κ2) is 6.38. The first-order valence-corrected chi connectivity index (χ1v) is 6.75. The minimum Gasteiger partial charge on any atom is -0.349 e. The normalized spacial score (nSPS) is 11.8. The lowest BCUT2D eigenvalue weighted by Crippen LogP contribution is -2.38. The van der Waals surface area contributed by atoms with Gasteiger partial charge in [0.2, 0.25) is 0 Å². The number of rotatable bonds is 4. The number of aryl methyl sites for hydroxylation is 2. The van der Waals surface area contributed by atoms with Gasteiger partial charge in [-0.15, -0.1) is 10.2 Å². The van der Waals surface area contributed by atoms with Crippen LogP contribution in [-0.2, 0) is 27.2 Å². The molecule has 0 saturated heterocycles. The van der Waals surface area contributed by atoms with E-state index in [0.29, 0.717) is 6.54 Å².